The fourth-order valence-electron chi connectivity index (χ4n) is 1.76. The lowest BCUT2D eigenvalue weighted by Gasteiger charge is -2.07. The number of fused-ring (bicyclic) bond motifs is 1. The summed E-state index contributed by atoms with van der Waals surface area (Å²) in [6.07, 6.45) is 0. The highest BCUT2D eigenvalue weighted by Crippen LogP contribution is 2.19. The van der Waals surface area contributed by atoms with Crippen LogP contribution in [0.4, 0.5) is 0 Å². The summed E-state index contributed by atoms with van der Waals surface area (Å²) in [7, 11) is 0. The van der Waals surface area contributed by atoms with Gasteiger partial charge in [-0.2, -0.15) is 0 Å². The highest BCUT2D eigenvalue weighted by Gasteiger charge is 2.15. The van der Waals surface area contributed by atoms with Gasteiger partial charge in [0.15, 0.2) is 0 Å². The number of esters is 1. The van der Waals surface area contributed by atoms with Gasteiger partial charge in [0.25, 0.3) is 0 Å². The molecule has 0 aliphatic heterocycles. The summed E-state index contributed by atoms with van der Waals surface area (Å²) < 4.78 is 9.94. The summed E-state index contributed by atoms with van der Waals surface area (Å²) in [6, 6.07) is 6.63. The minimum Gasteiger partial charge on any atom is -0.462 e. The molecule has 1 aromatic carbocycles. The normalized spacial score (nSPS) is 12.4. The van der Waals surface area contributed by atoms with Gasteiger partial charge in [0.1, 0.15) is 11.1 Å². The molecule has 2 N–H and O–H groups in total. The summed E-state index contributed by atoms with van der Waals surface area (Å²) in [5.41, 5.74) is 6.24. The second-order valence-electron chi connectivity index (χ2n) is 4.25. The second-order valence-corrected chi connectivity index (χ2v) is 4.25. The van der Waals surface area contributed by atoms with Crippen LogP contribution in [0.25, 0.3) is 11.0 Å². The maximum atomic E-state index is 11.7. The predicted molar refractivity (Wildman–Crippen MR) is 71.0 cm³/mol. The Labute approximate surface area is 110 Å². The molecule has 0 aliphatic carbocycles. The lowest BCUT2D eigenvalue weighted by Crippen LogP contribution is -2.16. The Balaban J connectivity index is 2.55. The van der Waals surface area contributed by atoms with Crippen molar-refractivity contribution in [3.63, 3.8) is 0 Å². The van der Waals surface area contributed by atoms with Crippen LogP contribution >= 0.6 is 0 Å². The van der Waals surface area contributed by atoms with E-state index < -0.39 is 11.6 Å². The van der Waals surface area contributed by atoms with Crippen molar-refractivity contribution >= 4 is 16.9 Å². The molecule has 0 saturated heterocycles. The van der Waals surface area contributed by atoms with Crippen molar-refractivity contribution in [3.05, 3.63) is 45.8 Å². The SMILES string of the molecule is CCOC(=O)c1cc2ccc(C(C)N)cc2oc1=O. The molecule has 0 fully saturated rings. The van der Waals surface area contributed by atoms with Crippen molar-refractivity contribution in [1.82, 2.24) is 0 Å². The van der Waals surface area contributed by atoms with Crippen molar-refractivity contribution in [2.24, 2.45) is 5.73 Å². The highest BCUT2D eigenvalue weighted by atomic mass is 16.5. The lowest BCUT2D eigenvalue weighted by molar-refractivity contribution is 0.0522. The molecular weight excluding hydrogens is 246 g/mol. The van der Waals surface area contributed by atoms with E-state index in [9.17, 15) is 9.59 Å². The van der Waals surface area contributed by atoms with Crippen molar-refractivity contribution in [3.8, 4) is 0 Å². The molecular formula is C14H15NO4. The first-order valence-electron chi connectivity index (χ1n) is 6.03. The standard InChI is InChI=1S/C14H15NO4/c1-3-18-13(16)11-6-10-5-4-9(8(2)15)7-12(10)19-14(11)17/h4-8H,3,15H2,1-2H3. The van der Waals surface area contributed by atoms with E-state index in [1.807, 2.05) is 13.0 Å². The molecule has 19 heavy (non-hydrogen) atoms. The van der Waals surface area contributed by atoms with Crippen LogP contribution < -0.4 is 11.4 Å². The van der Waals surface area contributed by atoms with E-state index in [1.54, 1.807) is 19.1 Å². The number of ether oxygens (including phenoxy) is 1. The monoisotopic (exact) mass is 261 g/mol. The maximum absolute atomic E-state index is 11.7. The van der Waals surface area contributed by atoms with Crippen LogP contribution in [-0.4, -0.2) is 12.6 Å². The number of hydrogen-bond acceptors (Lipinski definition) is 5. The Hall–Kier alpha value is -2.14. The molecule has 0 amide bonds. The Bertz CT molecular complexity index is 673. The zero-order valence-corrected chi connectivity index (χ0v) is 10.8. The number of hydrogen-bond donors (Lipinski definition) is 1. The van der Waals surface area contributed by atoms with Gasteiger partial charge in [0.05, 0.1) is 6.61 Å². The molecule has 1 aromatic heterocycles. The molecule has 0 radical (unpaired) electrons. The van der Waals surface area contributed by atoms with Crippen LogP contribution in [0.15, 0.2) is 33.5 Å². The molecule has 0 spiro atoms. The number of nitrogens with two attached hydrogens (primary N) is 1. The fourth-order valence-corrected chi connectivity index (χ4v) is 1.76. The molecule has 2 aromatic rings. The third-order valence-electron chi connectivity index (χ3n) is 2.78. The van der Waals surface area contributed by atoms with Gasteiger partial charge in [-0.05, 0) is 31.5 Å². The van der Waals surface area contributed by atoms with Gasteiger partial charge in [-0.3, -0.25) is 0 Å². The Kier molecular flexibility index (Phi) is 3.66. The molecule has 1 atom stereocenters. The molecule has 5 nitrogen and oxygen atoms in total. The fraction of sp³-hybridized carbons (Fsp3) is 0.286. The van der Waals surface area contributed by atoms with Gasteiger partial charge in [-0.1, -0.05) is 12.1 Å². The molecule has 0 aliphatic rings. The van der Waals surface area contributed by atoms with Crippen LogP contribution in [0, 0.1) is 0 Å². The zero-order chi connectivity index (χ0) is 14.0. The molecule has 0 saturated carbocycles. The van der Waals surface area contributed by atoms with Gasteiger partial charge < -0.3 is 14.9 Å². The van der Waals surface area contributed by atoms with Crippen LogP contribution in [0.1, 0.15) is 35.8 Å². The van der Waals surface area contributed by atoms with Crippen LogP contribution in [-0.2, 0) is 4.74 Å². The van der Waals surface area contributed by atoms with E-state index in [0.29, 0.717) is 11.0 Å². The highest BCUT2D eigenvalue weighted by molar-refractivity contribution is 5.92. The largest absolute Gasteiger partial charge is 0.462 e. The number of rotatable bonds is 3. The van der Waals surface area contributed by atoms with Gasteiger partial charge in [0, 0.05) is 11.4 Å². The maximum Gasteiger partial charge on any atom is 0.351 e. The summed E-state index contributed by atoms with van der Waals surface area (Å²) in [4.78, 5) is 23.3. The van der Waals surface area contributed by atoms with E-state index in [1.165, 1.54) is 6.07 Å². The van der Waals surface area contributed by atoms with Crippen molar-refractivity contribution < 1.29 is 13.9 Å². The smallest absolute Gasteiger partial charge is 0.351 e. The average molecular weight is 261 g/mol. The topological polar surface area (TPSA) is 82.5 Å². The van der Waals surface area contributed by atoms with E-state index >= 15 is 0 Å². The van der Waals surface area contributed by atoms with Crippen molar-refractivity contribution in [2.45, 2.75) is 19.9 Å². The summed E-state index contributed by atoms with van der Waals surface area (Å²) >= 11 is 0. The lowest BCUT2D eigenvalue weighted by atomic mass is 10.1. The quantitative estimate of drug-likeness (QED) is 0.674. The van der Waals surface area contributed by atoms with E-state index in [4.69, 9.17) is 14.9 Å². The zero-order valence-electron chi connectivity index (χ0n) is 10.8. The molecule has 1 unspecified atom stereocenters. The Morgan fingerprint density at radius 2 is 2.16 bits per heavy atom. The number of benzene rings is 1. The van der Waals surface area contributed by atoms with E-state index in [2.05, 4.69) is 0 Å². The van der Waals surface area contributed by atoms with E-state index in [0.717, 1.165) is 5.56 Å². The Morgan fingerprint density at radius 3 is 2.79 bits per heavy atom. The second kappa shape index (κ2) is 5.24. The first-order chi connectivity index (χ1) is 9.02. The minimum atomic E-state index is -0.701. The first kappa shape index (κ1) is 13.3. The molecule has 1 heterocycles. The summed E-state index contributed by atoms with van der Waals surface area (Å²) in [5, 5.41) is 0.659. The van der Waals surface area contributed by atoms with Crippen molar-refractivity contribution in [1.29, 1.82) is 0 Å². The molecule has 2 rings (SSSR count). The van der Waals surface area contributed by atoms with Gasteiger partial charge in [-0.15, -0.1) is 0 Å². The van der Waals surface area contributed by atoms with E-state index in [-0.39, 0.29) is 18.2 Å². The number of carbonyl (C=O) groups excluding carboxylic acids is 1. The number of carbonyl (C=O) groups is 1. The molecule has 5 heteroatoms. The predicted octanol–water partition coefficient (Wildman–Crippen LogP) is 1.99. The van der Waals surface area contributed by atoms with Crippen LogP contribution in [0.3, 0.4) is 0 Å². The summed E-state index contributed by atoms with van der Waals surface area (Å²) in [6.45, 7) is 3.72. The summed E-state index contributed by atoms with van der Waals surface area (Å²) in [5.74, 6) is -0.672. The van der Waals surface area contributed by atoms with Gasteiger partial charge >= 0.3 is 11.6 Å². The van der Waals surface area contributed by atoms with Crippen LogP contribution in [0.5, 0.6) is 0 Å². The van der Waals surface area contributed by atoms with Gasteiger partial charge in [-0.25, -0.2) is 9.59 Å². The molecule has 0 bridgehead atoms. The third-order valence-corrected chi connectivity index (χ3v) is 2.78. The third kappa shape index (κ3) is 2.66. The Morgan fingerprint density at radius 1 is 1.42 bits per heavy atom. The van der Waals surface area contributed by atoms with Crippen molar-refractivity contribution in [2.75, 3.05) is 6.61 Å². The average Bonchev–Trinajstić information content (AvgIpc) is 2.37. The van der Waals surface area contributed by atoms with Gasteiger partial charge in [0.2, 0.25) is 0 Å². The van der Waals surface area contributed by atoms with Crippen LogP contribution in [0.2, 0.25) is 0 Å². The minimum absolute atomic E-state index is 0.0945. The first-order valence-corrected chi connectivity index (χ1v) is 6.03. The molecule has 100 valence electrons.